The van der Waals surface area contributed by atoms with E-state index in [9.17, 15) is 8.42 Å². The number of halogens is 1. The van der Waals surface area contributed by atoms with Crippen LogP contribution in [-0.4, -0.2) is 21.6 Å². The highest BCUT2D eigenvalue weighted by Gasteiger charge is 2.22. The molecule has 24 heavy (non-hydrogen) atoms. The van der Waals surface area contributed by atoms with Crippen molar-refractivity contribution in [1.82, 2.24) is 0 Å². The van der Waals surface area contributed by atoms with E-state index in [4.69, 9.17) is 9.47 Å². The van der Waals surface area contributed by atoms with E-state index in [-0.39, 0.29) is 4.90 Å². The van der Waals surface area contributed by atoms with Gasteiger partial charge in [0.05, 0.1) is 13.2 Å². The van der Waals surface area contributed by atoms with Gasteiger partial charge in [0.15, 0.2) is 0 Å². The van der Waals surface area contributed by atoms with Crippen molar-refractivity contribution >= 4 is 38.3 Å². The SMILES string of the molecule is CCOc1cc(S(=O)(=O)Nc2ccc(I)cc2)c(OCC)cc1C. The molecule has 5 nitrogen and oxygen atoms in total. The molecule has 0 spiro atoms. The monoisotopic (exact) mass is 461 g/mol. The third kappa shape index (κ3) is 4.54. The Kier molecular flexibility index (Phi) is 6.34. The minimum atomic E-state index is -3.79. The van der Waals surface area contributed by atoms with Gasteiger partial charge in [0.25, 0.3) is 10.0 Å². The molecule has 0 amide bonds. The van der Waals surface area contributed by atoms with Gasteiger partial charge in [-0.15, -0.1) is 0 Å². The Morgan fingerprint density at radius 3 is 2.17 bits per heavy atom. The highest BCUT2D eigenvalue weighted by atomic mass is 127. The Morgan fingerprint density at radius 1 is 1.00 bits per heavy atom. The lowest BCUT2D eigenvalue weighted by atomic mass is 10.2. The summed E-state index contributed by atoms with van der Waals surface area (Å²) in [5, 5.41) is 0. The van der Waals surface area contributed by atoms with Crippen molar-refractivity contribution in [2.75, 3.05) is 17.9 Å². The average Bonchev–Trinajstić information content (AvgIpc) is 2.52. The summed E-state index contributed by atoms with van der Waals surface area (Å²) in [7, 11) is -3.79. The second-order valence-electron chi connectivity index (χ2n) is 5.04. The van der Waals surface area contributed by atoms with Crippen LogP contribution < -0.4 is 14.2 Å². The Labute approximate surface area is 156 Å². The lowest BCUT2D eigenvalue weighted by Crippen LogP contribution is -2.15. The Morgan fingerprint density at radius 2 is 1.58 bits per heavy atom. The van der Waals surface area contributed by atoms with Crippen LogP contribution >= 0.6 is 22.6 Å². The maximum absolute atomic E-state index is 12.8. The lowest BCUT2D eigenvalue weighted by molar-refractivity contribution is 0.321. The summed E-state index contributed by atoms with van der Waals surface area (Å²) < 4.78 is 40.3. The molecule has 1 N–H and O–H groups in total. The van der Waals surface area contributed by atoms with Gasteiger partial charge in [-0.3, -0.25) is 4.72 Å². The van der Waals surface area contributed by atoms with Crippen LogP contribution in [0.2, 0.25) is 0 Å². The largest absolute Gasteiger partial charge is 0.494 e. The standard InChI is InChI=1S/C17H20INO4S/c1-4-22-15-11-17(16(23-5-2)10-12(15)3)24(20,21)19-14-8-6-13(18)7-9-14/h6-11,19H,4-5H2,1-3H3. The molecule has 7 heteroatoms. The van der Waals surface area contributed by atoms with Gasteiger partial charge in [-0.1, -0.05) is 0 Å². The molecule has 0 heterocycles. The van der Waals surface area contributed by atoms with E-state index in [0.717, 1.165) is 9.13 Å². The number of rotatable bonds is 7. The number of ether oxygens (including phenoxy) is 2. The maximum Gasteiger partial charge on any atom is 0.265 e. The molecule has 0 saturated carbocycles. The Hall–Kier alpha value is -1.48. The fourth-order valence-electron chi connectivity index (χ4n) is 2.16. The van der Waals surface area contributed by atoms with Crippen LogP contribution in [0.4, 0.5) is 5.69 Å². The summed E-state index contributed by atoms with van der Waals surface area (Å²) in [5.74, 6) is 0.848. The molecule has 0 fully saturated rings. The molecule has 0 aliphatic rings. The van der Waals surface area contributed by atoms with Crippen LogP contribution in [0, 0.1) is 10.5 Å². The van der Waals surface area contributed by atoms with Gasteiger partial charge in [0, 0.05) is 15.3 Å². The van der Waals surface area contributed by atoms with Gasteiger partial charge in [0.2, 0.25) is 0 Å². The molecule has 2 aromatic rings. The Bertz CT molecular complexity index is 804. The van der Waals surface area contributed by atoms with Crippen molar-refractivity contribution < 1.29 is 17.9 Å². The fourth-order valence-corrected chi connectivity index (χ4v) is 3.72. The first-order valence-corrected chi connectivity index (χ1v) is 10.1. The normalized spacial score (nSPS) is 11.2. The molecule has 0 aromatic heterocycles. The molecule has 0 atom stereocenters. The van der Waals surface area contributed by atoms with E-state index in [2.05, 4.69) is 27.3 Å². The van der Waals surface area contributed by atoms with Crippen LogP contribution in [-0.2, 0) is 10.0 Å². The fraction of sp³-hybridized carbons (Fsp3) is 0.294. The number of nitrogens with one attached hydrogen (secondary N) is 1. The minimum absolute atomic E-state index is 0.0666. The molecule has 0 radical (unpaired) electrons. The van der Waals surface area contributed by atoms with Crippen molar-refractivity contribution in [2.24, 2.45) is 0 Å². The predicted molar refractivity (Wildman–Crippen MR) is 103 cm³/mol. The molecule has 2 rings (SSSR count). The van der Waals surface area contributed by atoms with Gasteiger partial charge in [-0.25, -0.2) is 8.42 Å². The smallest absolute Gasteiger partial charge is 0.265 e. The summed E-state index contributed by atoms with van der Waals surface area (Å²) >= 11 is 2.16. The molecular formula is C17H20INO4S. The van der Waals surface area contributed by atoms with Crippen LogP contribution in [0.15, 0.2) is 41.3 Å². The molecule has 0 saturated heterocycles. The first-order chi connectivity index (χ1) is 11.4. The summed E-state index contributed by atoms with van der Waals surface area (Å²) in [5.41, 5.74) is 1.32. The van der Waals surface area contributed by atoms with Crippen LogP contribution in [0.25, 0.3) is 0 Å². The zero-order chi connectivity index (χ0) is 17.7. The molecular weight excluding hydrogens is 441 g/mol. The van der Waals surface area contributed by atoms with Crippen molar-refractivity contribution in [1.29, 1.82) is 0 Å². The third-order valence-electron chi connectivity index (χ3n) is 3.23. The van der Waals surface area contributed by atoms with E-state index in [1.807, 2.05) is 32.9 Å². The van der Waals surface area contributed by atoms with E-state index in [0.29, 0.717) is 30.4 Å². The number of hydrogen-bond acceptors (Lipinski definition) is 4. The summed E-state index contributed by atoms with van der Waals surface area (Å²) in [4.78, 5) is 0.0666. The number of hydrogen-bond donors (Lipinski definition) is 1. The zero-order valence-electron chi connectivity index (χ0n) is 13.8. The number of aryl methyl sites for hydroxylation is 1. The van der Waals surface area contributed by atoms with Crippen LogP contribution in [0.1, 0.15) is 19.4 Å². The van der Waals surface area contributed by atoms with Crippen molar-refractivity contribution in [3.8, 4) is 11.5 Å². The van der Waals surface area contributed by atoms with Gasteiger partial charge < -0.3 is 9.47 Å². The summed E-state index contributed by atoms with van der Waals surface area (Å²) in [6.07, 6.45) is 0. The number of anilines is 1. The highest BCUT2D eigenvalue weighted by molar-refractivity contribution is 14.1. The average molecular weight is 461 g/mol. The molecule has 0 bridgehead atoms. The van der Waals surface area contributed by atoms with E-state index in [1.54, 1.807) is 18.2 Å². The topological polar surface area (TPSA) is 64.6 Å². The predicted octanol–water partition coefficient (Wildman–Crippen LogP) is 4.20. The van der Waals surface area contributed by atoms with Gasteiger partial charge in [-0.05, 0) is 79.3 Å². The lowest BCUT2D eigenvalue weighted by Gasteiger charge is -2.16. The van der Waals surface area contributed by atoms with E-state index < -0.39 is 10.0 Å². The summed E-state index contributed by atoms with van der Waals surface area (Å²) in [6, 6.07) is 10.3. The molecule has 130 valence electrons. The van der Waals surface area contributed by atoms with Crippen molar-refractivity contribution in [2.45, 2.75) is 25.7 Å². The first kappa shape index (κ1) is 18.9. The molecule has 0 aliphatic heterocycles. The third-order valence-corrected chi connectivity index (χ3v) is 5.35. The van der Waals surface area contributed by atoms with Crippen LogP contribution in [0.5, 0.6) is 11.5 Å². The van der Waals surface area contributed by atoms with Crippen molar-refractivity contribution in [3.05, 3.63) is 45.5 Å². The first-order valence-electron chi connectivity index (χ1n) is 7.56. The molecule has 0 aliphatic carbocycles. The van der Waals surface area contributed by atoms with Crippen LogP contribution in [0.3, 0.4) is 0 Å². The van der Waals surface area contributed by atoms with Gasteiger partial charge in [-0.2, -0.15) is 0 Å². The van der Waals surface area contributed by atoms with E-state index in [1.165, 1.54) is 6.07 Å². The number of benzene rings is 2. The van der Waals surface area contributed by atoms with E-state index >= 15 is 0 Å². The number of sulfonamides is 1. The second kappa shape index (κ2) is 8.06. The highest BCUT2D eigenvalue weighted by Crippen LogP contribution is 2.33. The summed E-state index contributed by atoms with van der Waals surface area (Å²) in [6.45, 7) is 6.36. The molecule has 0 unspecified atom stereocenters. The Balaban J connectivity index is 2.46. The molecule has 2 aromatic carbocycles. The van der Waals surface area contributed by atoms with Gasteiger partial charge >= 0.3 is 0 Å². The minimum Gasteiger partial charge on any atom is -0.494 e. The second-order valence-corrected chi connectivity index (χ2v) is 7.94. The van der Waals surface area contributed by atoms with Crippen molar-refractivity contribution in [3.63, 3.8) is 0 Å². The zero-order valence-corrected chi connectivity index (χ0v) is 16.8. The van der Waals surface area contributed by atoms with Gasteiger partial charge in [0.1, 0.15) is 16.4 Å². The maximum atomic E-state index is 12.8. The quantitative estimate of drug-likeness (QED) is 0.628.